The number of hydrogen-bond acceptors (Lipinski definition) is 2. The molecule has 0 aliphatic rings. The summed E-state index contributed by atoms with van der Waals surface area (Å²) in [5, 5.41) is 22.6. The Morgan fingerprint density at radius 2 is 1.82 bits per heavy atom. The van der Waals surface area contributed by atoms with E-state index in [0.29, 0.717) is 5.30 Å². The molecule has 0 saturated carbocycles. The molecule has 1 atom stereocenters. The smallest absolute Gasteiger partial charge is 0.119 e. The summed E-state index contributed by atoms with van der Waals surface area (Å²) in [7, 11) is -0.359. The summed E-state index contributed by atoms with van der Waals surface area (Å²) in [4.78, 5) is 0. The monoisotopic (exact) mass is 244 g/mol. The predicted molar refractivity (Wildman–Crippen MR) is 72.4 cm³/mol. The first-order chi connectivity index (χ1) is 8.16. The lowest BCUT2D eigenvalue weighted by atomic mass is 10.2. The number of phenols is 1. The standard InChI is InChI=1S/C14H13O2P/c1-10(11-5-3-2-4-6-11)17-14-9-12(15)7-8-13(14)16/h2-9,15-17H,1H2. The Labute approximate surface area is 102 Å². The molecule has 0 aliphatic carbocycles. The molecule has 17 heavy (non-hydrogen) atoms. The lowest BCUT2D eigenvalue weighted by molar-refractivity contribution is -0.266. The van der Waals surface area contributed by atoms with Gasteiger partial charge in [0.25, 0.3) is 0 Å². The van der Waals surface area contributed by atoms with Crippen LogP contribution in [0.25, 0.3) is 5.31 Å². The van der Waals surface area contributed by atoms with Gasteiger partial charge in [0.1, 0.15) is 5.75 Å². The van der Waals surface area contributed by atoms with E-state index in [9.17, 15) is 10.2 Å². The van der Waals surface area contributed by atoms with Crippen molar-refractivity contribution < 1.29 is 10.2 Å². The van der Waals surface area contributed by atoms with Crippen LogP contribution < -0.4 is 10.4 Å². The number of aromatic hydroxyl groups is 1. The van der Waals surface area contributed by atoms with Gasteiger partial charge in [0, 0.05) is 11.6 Å². The molecule has 2 aromatic rings. The maximum atomic E-state index is 11.6. The van der Waals surface area contributed by atoms with Gasteiger partial charge >= 0.3 is 0 Å². The molecule has 2 nitrogen and oxygen atoms in total. The highest BCUT2D eigenvalue weighted by molar-refractivity contribution is 7.58. The first kappa shape index (κ1) is 11.7. The van der Waals surface area contributed by atoms with E-state index in [-0.39, 0.29) is 20.1 Å². The van der Waals surface area contributed by atoms with Gasteiger partial charge in [-0.25, -0.2) is 0 Å². The van der Waals surface area contributed by atoms with Gasteiger partial charge in [0.05, 0.1) is 19.2 Å². The van der Waals surface area contributed by atoms with E-state index in [1.165, 1.54) is 18.2 Å². The maximum Gasteiger partial charge on any atom is 0.119 e. The Balaban J connectivity index is 2.22. The third-order valence-electron chi connectivity index (χ3n) is 2.47. The average Bonchev–Trinajstić information content (AvgIpc) is 2.35. The normalized spacial score (nSPS) is 10.8. The zero-order valence-electron chi connectivity index (χ0n) is 9.26. The van der Waals surface area contributed by atoms with E-state index in [1.54, 1.807) is 0 Å². The first-order valence-corrected chi connectivity index (χ1v) is 6.41. The van der Waals surface area contributed by atoms with Gasteiger partial charge < -0.3 is 10.2 Å². The van der Waals surface area contributed by atoms with Crippen molar-refractivity contribution in [3.05, 3.63) is 60.7 Å². The SMILES string of the molecule is C=C([PH2+]c1cc(O)ccc1[O-])c1ccccc1. The molecule has 86 valence electrons. The molecule has 1 unspecified atom stereocenters. The van der Waals surface area contributed by atoms with Crippen LogP contribution in [0.1, 0.15) is 5.56 Å². The molecule has 0 aromatic heterocycles. The van der Waals surface area contributed by atoms with Crippen molar-refractivity contribution in [1.82, 2.24) is 0 Å². The Morgan fingerprint density at radius 1 is 1.12 bits per heavy atom. The minimum Gasteiger partial charge on any atom is -0.870 e. The van der Waals surface area contributed by atoms with E-state index < -0.39 is 0 Å². The molecule has 2 aromatic carbocycles. The summed E-state index contributed by atoms with van der Waals surface area (Å²) in [6.07, 6.45) is 0. The van der Waals surface area contributed by atoms with Crippen LogP contribution in [0.4, 0.5) is 0 Å². The topological polar surface area (TPSA) is 43.3 Å². The predicted octanol–water partition coefficient (Wildman–Crippen LogP) is 2.17. The van der Waals surface area contributed by atoms with Gasteiger partial charge in [0.15, 0.2) is 0 Å². The highest BCUT2D eigenvalue weighted by atomic mass is 31.1. The van der Waals surface area contributed by atoms with E-state index in [2.05, 4.69) is 6.58 Å². The van der Waals surface area contributed by atoms with Crippen molar-refractivity contribution in [3.63, 3.8) is 0 Å². The molecule has 2 rings (SSSR count). The van der Waals surface area contributed by atoms with Crippen LogP contribution in [0.5, 0.6) is 11.5 Å². The van der Waals surface area contributed by atoms with Gasteiger partial charge in [-0.1, -0.05) is 48.7 Å². The Hall–Kier alpha value is -1.79. The number of benzene rings is 2. The third-order valence-corrected chi connectivity index (χ3v) is 3.91. The third kappa shape index (κ3) is 2.86. The average molecular weight is 244 g/mol. The number of phenolic OH excluding ortho intramolecular Hbond substituents is 1. The second kappa shape index (κ2) is 5.03. The fourth-order valence-corrected chi connectivity index (χ4v) is 2.80. The number of rotatable bonds is 3. The van der Waals surface area contributed by atoms with Crippen LogP contribution in [0.3, 0.4) is 0 Å². The second-order valence-corrected chi connectivity index (χ2v) is 5.37. The summed E-state index contributed by atoms with van der Waals surface area (Å²) in [6.45, 7) is 4.01. The zero-order valence-corrected chi connectivity index (χ0v) is 10.4. The van der Waals surface area contributed by atoms with Crippen LogP contribution in [0, 0.1) is 0 Å². The van der Waals surface area contributed by atoms with Crippen molar-refractivity contribution in [3.8, 4) is 11.5 Å². The minimum absolute atomic E-state index is 0.0325. The van der Waals surface area contributed by atoms with Crippen molar-refractivity contribution in [2.24, 2.45) is 0 Å². The highest BCUT2D eigenvalue weighted by Gasteiger charge is 2.09. The molecule has 0 radical (unpaired) electrons. The second-order valence-electron chi connectivity index (χ2n) is 3.76. The lowest BCUT2D eigenvalue weighted by Crippen LogP contribution is -2.04. The number of hydrogen-bond donors (Lipinski definition) is 1. The molecule has 3 heteroatoms. The van der Waals surface area contributed by atoms with Crippen molar-refractivity contribution in [2.45, 2.75) is 0 Å². The molecule has 0 heterocycles. The Morgan fingerprint density at radius 3 is 2.53 bits per heavy atom. The van der Waals surface area contributed by atoms with Gasteiger partial charge in [-0.15, -0.1) is 0 Å². The van der Waals surface area contributed by atoms with E-state index in [4.69, 9.17) is 0 Å². The molecular weight excluding hydrogens is 231 g/mol. The molecule has 1 N–H and O–H groups in total. The molecule has 0 amide bonds. The molecule has 0 spiro atoms. The summed E-state index contributed by atoms with van der Waals surface area (Å²) in [6, 6.07) is 14.1. The van der Waals surface area contributed by atoms with Crippen LogP contribution in [0.2, 0.25) is 0 Å². The van der Waals surface area contributed by atoms with Gasteiger partial charge in [-0.05, 0) is 6.07 Å². The van der Waals surface area contributed by atoms with Gasteiger partial charge in [0.2, 0.25) is 0 Å². The van der Waals surface area contributed by atoms with Crippen molar-refractivity contribution >= 4 is 19.2 Å². The molecule has 0 aliphatic heterocycles. The first-order valence-electron chi connectivity index (χ1n) is 5.26. The zero-order chi connectivity index (χ0) is 12.3. The molecule has 0 bridgehead atoms. The molecule has 0 saturated heterocycles. The summed E-state index contributed by atoms with van der Waals surface area (Å²) in [5.41, 5.74) is 1.05. The van der Waals surface area contributed by atoms with E-state index >= 15 is 0 Å². The summed E-state index contributed by atoms with van der Waals surface area (Å²) >= 11 is 0. The quantitative estimate of drug-likeness (QED) is 0.841. The Bertz CT molecular complexity index is 535. The summed E-state index contributed by atoms with van der Waals surface area (Å²) in [5.74, 6) is 0.0999. The lowest BCUT2D eigenvalue weighted by Gasteiger charge is -2.09. The fourth-order valence-electron chi connectivity index (χ4n) is 1.57. The van der Waals surface area contributed by atoms with Gasteiger partial charge in [-0.3, -0.25) is 0 Å². The Kier molecular flexibility index (Phi) is 3.46. The molecule has 0 fully saturated rings. The van der Waals surface area contributed by atoms with Crippen molar-refractivity contribution in [2.75, 3.05) is 0 Å². The fraction of sp³-hybridized carbons (Fsp3) is 0. The minimum atomic E-state index is -0.359. The van der Waals surface area contributed by atoms with E-state index in [1.807, 2.05) is 30.3 Å². The summed E-state index contributed by atoms with van der Waals surface area (Å²) < 4.78 is 0. The van der Waals surface area contributed by atoms with Crippen LogP contribution in [-0.2, 0) is 0 Å². The van der Waals surface area contributed by atoms with Crippen LogP contribution >= 0.6 is 8.58 Å². The van der Waals surface area contributed by atoms with Crippen LogP contribution in [-0.4, -0.2) is 5.11 Å². The molecular formula is C14H13O2P. The van der Waals surface area contributed by atoms with Crippen molar-refractivity contribution in [1.29, 1.82) is 0 Å². The maximum absolute atomic E-state index is 11.6. The largest absolute Gasteiger partial charge is 0.870 e. The van der Waals surface area contributed by atoms with Gasteiger partial charge in [-0.2, -0.15) is 0 Å². The highest BCUT2D eigenvalue weighted by Crippen LogP contribution is 2.33. The van der Waals surface area contributed by atoms with E-state index in [0.717, 1.165) is 10.9 Å². The van der Waals surface area contributed by atoms with Crippen LogP contribution in [0.15, 0.2) is 55.1 Å².